The van der Waals surface area contributed by atoms with Crippen LogP contribution in [0.25, 0.3) is 22.5 Å². The van der Waals surface area contributed by atoms with Crippen molar-refractivity contribution in [3.8, 4) is 34.3 Å². The topological polar surface area (TPSA) is 160 Å². The fourth-order valence-corrected chi connectivity index (χ4v) is 8.07. The normalized spacial score (nSPS) is 18.2. The molecule has 17 heteroatoms. The highest BCUT2D eigenvalue weighted by molar-refractivity contribution is 6.35. The number of carboxylic acid groups (broad SMARTS) is 1. The first-order valence-corrected chi connectivity index (χ1v) is 19.1. The Morgan fingerprint density at radius 1 is 1.02 bits per heavy atom. The summed E-state index contributed by atoms with van der Waals surface area (Å²) in [6.07, 6.45) is -0.707. The van der Waals surface area contributed by atoms with E-state index in [-0.39, 0.29) is 55.2 Å². The van der Waals surface area contributed by atoms with Crippen molar-refractivity contribution < 1.29 is 42.1 Å². The molecule has 57 heavy (non-hydrogen) atoms. The van der Waals surface area contributed by atoms with Gasteiger partial charge in [-0.05, 0) is 67.5 Å². The molecular weight excluding hydrogens is 767 g/mol. The first-order valence-electron chi connectivity index (χ1n) is 18.7. The second-order valence-electron chi connectivity index (χ2n) is 14.3. The van der Waals surface area contributed by atoms with E-state index in [1.54, 1.807) is 24.4 Å². The fourth-order valence-electron chi connectivity index (χ4n) is 7.76. The van der Waals surface area contributed by atoms with E-state index in [1.165, 1.54) is 19.1 Å². The van der Waals surface area contributed by atoms with Crippen LogP contribution >= 0.6 is 11.6 Å². The van der Waals surface area contributed by atoms with Crippen LogP contribution in [0.4, 0.5) is 23.8 Å². The van der Waals surface area contributed by atoms with E-state index >= 15 is 0 Å². The molecule has 3 aromatic heterocycles. The molecule has 4 N–H and O–H groups in total. The number of nitrogens with one attached hydrogen (secondary N) is 3. The van der Waals surface area contributed by atoms with E-state index in [1.807, 2.05) is 18.2 Å². The van der Waals surface area contributed by atoms with Gasteiger partial charge in [0.25, 0.3) is 0 Å². The summed E-state index contributed by atoms with van der Waals surface area (Å²) in [6, 6.07) is 11.2. The number of carbonyl (C=O) groups excluding carboxylic acids is 1. The minimum atomic E-state index is -4.67. The maximum atomic E-state index is 14.5. The van der Waals surface area contributed by atoms with E-state index in [0.717, 1.165) is 35.6 Å². The number of anilines is 1. The molecule has 0 bridgehead atoms. The van der Waals surface area contributed by atoms with Gasteiger partial charge in [-0.25, -0.2) is 9.78 Å². The number of nitrogens with zero attached hydrogens (tertiary/aromatic N) is 4. The molecule has 2 aliphatic heterocycles. The first kappa shape index (κ1) is 40.0. The summed E-state index contributed by atoms with van der Waals surface area (Å²) < 4.78 is 60.1. The van der Waals surface area contributed by atoms with Gasteiger partial charge in [-0.3, -0.25) is 9.78 Å². The van der Waals surface area contributed by atoms with Crippen LogP contribution in [0.3, 0.4) is 0 Å². The molecule has 2 amide bonds. The van der Waals surface area contributed by atoms with Crippen molar-refractivity contribution in [3.63, 3.8) is 0 Å². The Labute approximate surface area is 332 Å². The number of aromatic nitrogens is 3. The lowest BCUT2D eigenvalue weighted by molar-refractivity contribution is -0.137. The molecule has 3 aliphatic rings. The van der Waals surface area contributed by atoms with E-state index in [2.05, 4.69) is 30.9 Å². The zero-order chi connectivity index (χ0) is 40.3. The second-order valence-corrected chi connectivity index (χ2v) is 14.7. The molecule has 1 aromatic carbocycles. The van der Waals surface area contributed by atoms with Crippen LogP contribution in [0, 0.1) is 0 Å². The Morgan fingerprint density at radius 3 is 2.49 bits per heavy atom. The highest BCUT2D eigenvalue weighted by atomic mass is 35.5. The van der Waals surface area contributed by atoms with Crippen molar-refractivity contribution in [2.45, 2.75) is 75.9 Å². The Balaban J connectivity index is 1.13. The molecule has 0 unspecified atom stereocenters. The number of fused-ring (bicyclic) bond motifs is 1. The molecule has 2 atom stereocenters. The average molecular weight is 810 g/mol. The van der Waals surface area contributed by atoms with Crippen molar-refractivity contribution in [2.75, 3.05) is 39.3 Å². The van der Waals surface area contributed by atoms with E-state index in [0.29, 0.717) is 72.0 Å². The van der Waals surface area contributed by atoms with Gasteiger partial charge in [0.05, 0.1) is 48.8 Å². The van der Waals surface area contributed by atoms with Crippen molar-refractivity contribution in [2.24, 2.45) is 0 Å². The summed E-state index contributed by atoms with van der Waals surface area (Å²) in [6.45, 7) is 1.49. The van der Waals surface area contributed by atoms with Crippen molar-refractivity contribution in [1.29, 1.82) is 0 Å². The molecular formula is C40H43ClF3N7O6. The van der Waals surface area contributed by atoms with Gasteiger partial charge in [0.2, 0.25) is 17.7 Å². The minimum Gasteiger partial charge on any atom is -0.481 e. The largest absolute Gasteiger partial charge is 0.481 e. The molecule has 0 saturated carbocycles. The molecule has 0 spiro atoms. The summed E-state index contributed by atoms with van der Waals surface area (Å²) in [5.74, 6) is -0.0874. The van der Waals surface area contributed by atoms with Crippen molar-refractivity contribution in [1.82, 2.24) is 30.5 Å². The molecule has 13 nitrogen and oxygen atoms in total. The Hall–Kier alpha value is -5.19. The van der Waals surface area contributed by atoms with Crippen LogP contribution in [0.1, 0.15) is 66.0 Å². The van der Waals surface area contributed by atoms with Gasteiger partial charge < -0.3 is 40.2 Å². The smallest absolute Gasteiger partial charge is 0.419 e. The summed E-state index contributed by atoms with van der Waals surface area (Å²) in [7, 11) is 2.84. The Bertz CT molecular complexity index is 2130. The summed E-state index contributed by atoms with van der Waals surface area (Å²) in [5.41, 5.74) is 3.90. The Morgan fingerprint density at radius 2 is 1.79 bits per heavy atom. The number of amides is 2. The Kier molecular flexibility index (Phi) is 12.0. The van der Waals surface area contributed by atoms with Gasteiger partial charge in [-0.1, -0.05) is 29.8 Å². The molecule has 2 fully saturated rings. The molecule has 4 aromatic rings. The zero-order valence-electron chi connectivity index (χ0n) is 31.4. The lowest BCUT2D eigenvalue weighted by Crippen LogP contribution is -2.41. The number of methoxy groups -OCH3 is 2. The van der Waals surface area contributed by atoms with Gasteiger partial charge in [0.1, 0.15) is 5.82 Å². The molecule has 302 valence electrons. The van der Waals surface area contributed by atoms with Crippen molar-refractivity contribution in [3.05, 3.63) is 81.5 Å². The number of halogens is 4. The number of carbonyl (C=O) groups is 2. The third-order valence-corrected chi connectivity index (χ3v) is 11.0. The van der Waals surface area contributed by atoms with Crippen LogP contribution in [0.2, 0.25) is 5.02 Å². The standard InChI is InChI=1S/C40H43ClF3N7O6/c1-55-37-22(20-51(39(53)54)21-25-7-11-33(52)47-25)6-9-32(49-37)29-12-15-45-35(34(29)41)28-5-3-4-27-26(28)8-10-31(27)48-36-30(40(42,43)44)18-23(38(50-36)56-2)19-46-24-13-16-57-17-14-24/h3-6,9,12,15,18,24-25,31,46H,7-8,10-11,13-14,16-17,19-21H2,1-2H3,(H,47,52)(H,48,50)(H,53,54)/t25-,31-/m0/s1. The predicted molar refractivity (Wildman–Crippen MR) is 205 cm³/mol. The number of benzene rings is 1. The van der Waals surface area contributed by atoms with Crippen LogP contribution in [-0.2, 0) is 35.2 Å². The van der Waals surface area contributed by atoms with Gasteiger partial charge in [-0.15, -0.1) is 0 Å². The second kappa shape index (κ2) is 17.1. The maximum Gasteiger partial charge on any atom is 0.419 e. The van der Waals surface area contributed by atoms with Crippen LogP contribution < -0.4 is 25.4 Å². The van der Waals surface area contributed by atoms with Crippen LogP contribution in [-0.4, -0.2) is 83.0 Å². The number of pyridine rings is 3. The van der Waals surface area contributed by atoms with Crippen molar-refractivity contribution >= 4 is 29.4 Å². The average Bonchev–Trinajstić information content (AvgIpc) is 3.82. The van der Waals surface area contributed by atoms with Gasteiger partial charge in [0, 0.05) is 73.3 Å². The van der Waals surface area contributed by atoms with Crippen LogP contribution in [0.5, 0.6) is 11.8 Å². The lowest BCUT2D eigenvalue weighted by Gasteiger charge is -2.24. The highest BCUT2D eigenvalue weighted by Crippen LogP contribution is 2.44. The third-order valence-electron chi connectivity index (χ3n) is 10.7. The molecule has 7 rings (SSSR count). The number of hydrogen-bond acceptors (Lipinski definition) is 10. The summed E-state index contributed by atoms with van der Waals surface area (Å²) in [4.78, 5) is 38.6. The van der Waals surface area contributed by atoms with Gasteiger partial charge in [-0.2, -0.15) is 18.2 Å². The summed E-state index contributed by atoms with van der Waals surface area (Å²) >= 11 is 7.07. The van der Waals surface area contributed by atoms with E-state index in [9.17, 15) is 27.9 Å². The van der Waals surface area contributed by atoms with Crippen LogP contribution in [0.15, 0.2) is 48.7 Å². The zero-order valence-corrected chi connectivity index (χ0v) is 32.2. The highest BCUT2D eigenvalue weighted by Gasteiger charge is 2.38. The minimum absolute atomic E-state index is 0.0104. The molecule has 0 radical (unpaired) electrons. The lowest BCUT2D eigenvalue weighted by atomic mass is 9.98. The van der Waals surface area contributed by atoms with Gasteiger partial charge >= 0.3 is 12.3 Å². The predicted octanol–water partition coefficient (Wildman–Crippen LogP) is 7.02. The monoisotopic (exact) mass is 809 g/mol. The molecule has 1 aliphatic carbocycles. The number of ether oxygens (including phenoxy) is 3. The fraction of sp³-hybridized carbons (Fsp3) is 0.425. The number of hydrogen-bond donors (Lipinski definition) is 4. The molecule has 2 saturated heterocycles. The SMILES string of the molecule is COc1nc(-c2ccnc(-c3cccc4c3CC[C@@H]4Nc3nc(OC)c(CNC4CCOCC4)cc3C(F)(F)F)c2Cl)ccc1CN(C[C@@H]1CCC(=O)N1)C(=O)O. The van der Waals surface area contributed by atoms with Gasteiger partial charge in [0.15, 0.2) is 0 Å². The number of rotatable bonds is 13. The quantitative estimate of drug-likeness (QED) is 0.110. The summed E-state index contributed by atoms with van der Waals surface area (Å²) in [5, 5.41) is 19.4. The maximum absolute atomic E-state index is 14.5. The third kappa shape index (κ3) is 8.87. The van der Waals surface area contributed by atoms with E-state index in [4.69, 9.17) is 25.8 Å². The first-order chi connectivity index (χ1) is 27.4. The number of alkyl halides is 3. The molecule has 5 heterocycles. The van der Waals surface area contributed by atoms with E-state index < -0.39 is 23.9 Å².